The molecule has 3 heterocycles. The molecule has 0 saturated heterocycles. The van der Waals surface area contributed by atoms with Crippen LogP contribution in [0.4, 0.5) is 5.69 Å². The fourth-order valence-corrected chi connectivity index (χ4v) is 6.02. The summed E-state index contributed by atoms with van der Waals surface area (Å²) in [6.45, 7) is 5.31. The van der Waals surface area contributed by atoms with Gasteiger partial charge < -0.3 is 19.7 Å². The number of aromatic amines is 3. The van der Waals surface area contributed by atoms with E-state index in [0.29, 0.717) is 21.3 Å². The first-order valence-electron chi connectivity index (χ1n) is 11.1. The maximum Gasteiger partial charge on any atom is 0.340 e. The minimum absolute atomic E-state index is 0.00349. The van der Waals surface area contributed by atoms with Crippen LogP contribution in [0.3, 0.4) is 0 Å². The summed E-state index contributed by atoms with van der Waals surface area (Å²) in [5, 5.41) is 0.506. The topological polar surface area (TPSA) is 167 Å². The SMILES string of the molecule is Cc1sc2nc([C@@H](C)OC(=O)c3ccccc3NS(=O)(=O)c3ccc4[nH]c(=O)[nH]c4c3)[nH]c(=O)c2c1C. The van der Waals surface area contributed by atoms with Crippen molar-refractivity contribution in [1.29, 1.82) is 0 Å². The van der Waals surface area contributed by atoms with Crippen LogP contribution < -0.4 is 16.0 Å². The predicted octanol–water partition coefficient (Wildman–Crippen LogP) is 3.49. The molecular weight excluding hydrogens is 518 g/mol. The first-order chi connectivity index (χ1) is 17.5. The fourth-order valence-electron chi connectivity index (χ4n) is 3.88. The molecule has 0 aliphatic rings. The number of aryl methyl sites for hydroxylation is 2. The summed E-state index contributed by atoms with van der Waals surface area (Å²) < 4.78 is 34.0. The molecule has 0 amide bonds. The molecule has 0 fully saturated rings. The first kappa shape index (κ1) is 24.5. The van der Waals surface area contributed by atoms with E-state index in [-0.39, 0.29) is 27.5 Å². The molecule has 5 aromatic rings. The number of hydrogen-bond donors (Lipinski definition) is 4. The van der Waals surface area contributed by atoms with E-state index < -0.39 is 27.8 Å². The lowest BCUT2D eigenvalue weighted by atomic mass is 10.2. The zero-order valence-corrected chi connectivity index (χ0v) is 21.5. The van der Waals surface area contributed by atoms with Crippen LogP contribution in [0.2, 0.25) is 0 Å². The van der Waals surface area contributed by atoms with Crippen molar-refractivity contribution in [1.82, 2.24) is 19.9 Å². The van der Waals surface area contributed by atoms with Crippen LogP contribution in [0.15, 0.2) is 56.9 Å². The third-order valence-electron chi connectivity index (χ3n) is 5.92. The van der Waals surface area contributed by atoms with Gasteiger partial charge in [-0.15, -0.1) is 11.3 Å². The molecule has 190 valence electrons. The number of fused-ring (bicyclic) bond motifs is 2. The van der Waals surface area contributed by atoms with Crippen LogP contribution in [0.25, 0.3) is 21.3 Å². The maximum absolute atomic E-state index is 13.0. The van der Waals surface area contributed by atoms with Gasteiger partial charge in [-0.1, -0.05) is 12.1 Å². The fraction of sp³-hybridized carbons (Fsp3) is 0.167. The molecule has 5 rings (SSSR count). The quantitative estimate of drug-likeness (QED) is 0.240. The molecule has 0 radical (unpaired) electrons. The number of nitrogens with zero attached hydrogens (tertiary/aromatic N) is 1. The third-order valence-corrected chi connectivity index (χ3v) is 8.38. The smallest absolute Gasteiger partial charge is 0.340 e. The van der Waals surface area contributed by atoms with E-state index in [0.717, 1.165) is 10.4 Å². The van der Waals surface area contributed by atoms with Crippen molar-refractivity contribution in [3.05, 3.63) is 85.1 Å². The van der Waals surface area contributed by atoms with E-state index >= 15 is 0 Å². The van der Waals surface area contributed by atoms with Gasteiger partial charge in [0.2, 0.25) is 0 Å². The second-order valence-corrected chi connectivity index (χ2v) is 11.3. The largest absolute Gasteiger partial charge is 0.451 e. The number of H-pyrrole nitrogens is 3. The predicted molar refractivity (Wildman–Crippen MR) is 140 cm³/mol. The molecule has 0 aliphatic carbocycles. The first-order valence-corrected chi connectivity index (χ1v) is 13.4. The second-order valence-electron chi connectivity index (χ2n) is 8.40. The summed E-state index contributed by atoms with van der Waals surface area (Å²) in [5.74, 6) is -0.628. The van der Waals surface area contributed by atoms with E-state index in [4.69, 9.17) is 4.74 Å². The average Bonchev–Trinajstić information content (AvgIpc) is 3.36. The number of nitrogens with one attached hydrogen (secondary N) is 4. The van der Waals surface area contributed by atoms with E-state index in [1.54, 1.807) is 19.1 Å². The molecule has 0 bridgehead atoms. The number of aromatic nitrogens is 4. The Morgan fingerprint density at radius 2 is 1.78 bits per heavy atom. The number of para-hydroxylation sites is 1. The van der Waals surface area contributed by atoms with Crippen molar-refractivity contribution >= 4 is 54.3 Å². The Morgan fingerprint density at radius 3 is 2.57 bits per heavy atom. The summed E-state index contributed by atoms with van der Waals surface area (Å²) in [6, 6.07) is 10.1. The second kappa shape index (κ2) is 9.01. The van der Waals surface area contributed by atoms with Gasteiger partial charge >= 0.3 is 11.7 Å². The number of esters is 1. The molecule has 0 aliphatic heterocycles. The molecule has 0 saturated carbocycles. The van der Waals surface area contributed by atoms with Gasteiger partial charge in [-0.05, 0) is 56.7 Å². The number of thiophene rings is 1. The molecule has 4 N–H and O–H groups in total. The van der Waals surface area contributed by atoms with Crippen molar-refractivity contribution < 1.29 is 17.9 Å². The number of carbonyl (C=O) groups excluding carboxylic acids is 1. The van der Waals surface area contributed by atoms with Crippen LogP contribution in [-0.2, 0) is 14.8 Å². The number of carbonyl (C=O) groups is 1. The van der Waals surface area contributed by atoms with Crippen molar-refractivity contribution in [3.63, 3.8) is 0 Å². The number of benzene rings is 2. The van der Waals surface area contributed by atoms with Gasteiger partial charge in [0.1, 0.15) is 4.83 Å². The molecule has 11 nitrogen and oxygen atoms in total. The van der Waals surface area contributed by atoms with Crippen molar-refractivity contribution in [2.75, 3.05) is 4.72 Å². The number of anilines is 1. The highest BCUT2D eigenvalue weighted by Crippen LogP contribution is 2.28. The van der Waals surface area contributed by atoms with E-state index in [9.17, 15) is 22.8 Å². The Kier molecular flexibility index (Phi) is 5.96. The van der Waals surface area contributed by atoms with Gasteiger partial charge in [0, 0.05) is 4.88 Å². The number of hydrogen-bond acceptors (Lipinski definition) is 8. The summed E-state index contributed by atoms with van der Waals surface area (Å²) in [5.41, 5.74) is 0.832. The third kappa shape index (κ3) is 4.54. The summed E-state index contributed by atoms with van der Waals surface area (Å²) in [6.07, 6.45) is -0.912. The van der Waals surface area contributed by atoms with Gasteiger partial charge in [0.05, 0.1) is 32.6 Å². The van der Waals surface area contributed by atoms with Crippen LogP contribution in [0.1, 0.15) is 39.7 Å². The van der Waals surface area contributed by atoms with E-state index in [2.05, 4.69) is 24.7 Å². The van der Waals surface area contributed by atoms with Gasteiger partial charge in [0.15, 0.2) is 11.9 Å². The number of sulfonamides is 1. The van der Waals surface area contributed by atoms with Crippen molar-refractivity contribution in [2.45, 2.75) is 31.8 Å². The van der Waals surface area contributed by atoms with Gasteiger partial charge in [-0.3, -0.25) is 9.52 Å². The van der Waals surface area contributed by atoms with Gasteiger partial charge in [-0.2, -0.15) is 0 Å². The lowest BCUT2D eigenvalue weighted by Gasteiger charge is -2.15. The van der Waals surface area contributed by atoms with Crippen LogP contribution in [-0.4, -0.2) is 34.3 Å². The molecular formula is C24H21N5O6S2. The normalized spacial score (nSPS) is 12.6. The van der Waals surface area contributed by atoms with Crippen molar-refractivity contribution in [3.8, 4) is 0 Å². The number of rotatable bonds is 6. The highest BCUT2D eigenvalue weighted by molar-refractivity contribution is 7.92. The highest BCUT2D eigenvalue weighted by Gasteiger charge is 2.23. The minimum atomic E-state index is -4.12. The van der Waals surface area contributed by atoms with Gasteiger partial charge in [-0.25, -0.2) is 23.0 Å². The molecule has 2 aromatic carbocycles. The summed E-state index contributed by atoms with van der Waals surface area (Å²) in [4.78, 5) is 50.7. The van der Waals surface area contributed by atoms with Crippen LogP contribution in [0, 0.1) is 13.8 Å². The zero-order valence-electron chi connectivity index (χ0n) is 19.8. The highest BCUT2D eigenvalue weighted by atomic mass is 32.2. The van der Waals surface area contributed by atoms with Gasteiger partial charge in [0.25, 0.3) is 15.6 Å². The Labute approximate surface area is 213 Å². The standard InChI is InChI=1S/C24H21N5O6S2/c1-11-13(3)36-22-19(11)21(30)27-20(28-22)12(2)35-23(31)15-6-4-5-7-16(15)29-37(33,34)14-8-9-17-18(10-14)26-24(32)25-17/h4-10,12,29H,1-3H3,(H2,25,26,32)(H,27,28,30)/t12-/m1/s1. The lowest BCUT2D eigenvalue weighted by molar-refractivity contribution is 0.0321. The Balaban J connectivity index is 1.41. The monoisotopic (exact) mass is 539 g/mol. The molecule has 0 unspecified atom stereocenters. The van der Waals surface area contributed by atoms with Crippen molar-refractivity contribution in [2.24, 2.45) is 0 Å². The summed E-state index contributed by atoms with van der Waals surface area (Å²) >= 11 is 1.38. The lowest BCUT2D eigenvalue weighted by Crippen LogP contribution is -2.19. The molecule has 0 spiro atoms. The van der Waals surface area contributed by atoms with E-state index in [1.807, 2.05) is 13.8 Å². The Bertz CT molecular complexity index is 1920. The maximum atomic E-state index is 13.0. The molecule has 37 heavy (non-hydrogen) atoms. The zero-order chi connectivity index (χ0) is 26.5. The molecule has 3 aromatic heterocycles. The van der Waals surface area contributed by atoms with Crippen LogP contribution >= 0.6 is 11.3 Å². The summed E-state index contributed by atoms with van der Waals surface area (Å²) in [7, 11) is -4.12. The number of ether oxygens (including phenoxy) is 1. The molecule has 13 heteroatoms. The Morgan fingerprint density at radius 1 is 1.05 bits per heavy atom. The Hall–Kier alpha value is -4.23. The molecule has 1 atom stereocenters. The number of imidazole rings is 1. The van der Waals surface area contributed by atoms with Crippen LogP contribution in [0.5, 0.6) is 0 Å². The average molecular weight is 540 g/mol. The minimum Gasteiger partial charge on any atom is -0.451 e. The van der Waals surface area contributed by atoms with E-state index in [1.165, 1.54) is 41.7 Å².